The van der Waals surface area contributed by atoms with Gasteiger partial charge in [-0.1, -0.05) is 36.7 Å². The van der Waals surface area contributed by atoms with Crippen LogP contribution in [0.25, 0.3) is 0 Å². The summed E-state index contributed by atoms with van der Waals surface area (Å²) in [6, 6.07) is 7.90. The van der Waals surface area contributed by atoms with E-state index < -0.39 is 11.7 Å². The molecule has 0 spiro atoms. The lowest BCUT2D eigenvalue weighted by atomic mass is 9.70. The van der Waals surface area contributed by atoms with Crippen molar-refractivity contribution in [2.24, 2.45) is 11.3 Å². The summed E-state index contributed by atoms with van der Waals surface area (Å²) in [6.07, 6.45) is 3.69. The number of ketones is 1. The van der Waals surface area contributed by atoms with E-state index in [4.69, 9.17) is 5.26 Å². The standard InChI is InChI=1S/C21H26BrN3O2/c1-14-9-16(12-21(2,3)11-14)24(8-4-7-23)13-25-18-6-5-15(22)10-17(18)19(26)20(25)27/h5-6,10,14,16H,4,8-9,11-13H2,1-3H3. The van der Waals surface area contributed by atoms with Gasteiger partial charge < -0.3 is 0 Å². The van der Waals surface area contributed by atoms with Crippen LogP contribution in [0.15, 0.2) is 22.7 Å². The highest BCUT2D eigenvalue weighted by Gasteiger charge is 2.40. The van der Waals surface area contributed by atoms with Crippen LogP contribution in [-0.4, -0.2) is 35.8 Å². The van der Waals surface area contributed by atoms with Crippen LogP contribution in [0, 0.1) is 22.7 Å². The molecule has 27 heavy (non-hydrogen) atoms. The Hall–Kier alpha value is -1.71. The molecule has 0 saturated heterocycles. The number of hydrogen-bond donors (Lipinski definition) is 0. The number of amides is 1. The number of hydrogen-bond acceptors (Lipinski definition) is 4. The number of carbonyl (C=O) groups excluding carboxylic acids is 2. The molecule has 0 radical (unpaired) electrons. The molecule has 144 valence electrons. The molecule has 1 aliphatic heterocycles. The SMILES string of the molecule is CC1CC(N(CCC#N)CN2C(=O)C(=O)c3cc(Br)ccc32)CC(C)(C)C1. The molecule has 1 fully saturated rings. The molecule has 1 amide bonds. The Morgan fingerprint density at radius 2 is 2.07 bits per heavy atom. The minimum absolute atomic E-state index is 0.237. The lowest BCUT2D eigenvalue weighted by Gasteiger charge is -2.44. The fourth-order valence-electron chi connectivity index (χ4n) is 4.73. The molecule has 2 aliphatic rings. The lowest BCUT2D eigenvalue weighted by Crippen LogP contribution is -2.49. The van der Waals surface area contributed by atoms with Crippen LogP contribution < -0.4 is 4.90 Å². The molecular formula is C21H26BrN3O2. The lowest BCUT2D eigenvalue weighted by molar-refractivity contribution is -0.114. The van der Waals surface area contributed by atoms with Crippen LogP contribution in [0.5, 0.6) is 0 Å². The van der Waals surface area contributed by atoms with Gasteiger partial charge >= 0.3 is 5.91 Å². The van der Waals surface area contributed by atoms with Crippen molar-refractivity contribution in [1.29, 1.82) is 5.26 Å². The number of Topliss-reactive ketones (excluding diaryl/α,β-unsaturated/α-hetero) is 1. The van der Waals surface area contributed by atoms with E-state index in [1.54, 1.807) is 11.0 Å². The van der Waals surface area contributed by atoms with Crippen molar-refractivity contribution in [1.82, 2.24) is 4.90 Å². The number of anilines is 1. The molecular weight excluding hydrogens is 406 g/mol. The fraction of sp³-hybridized carbons (Fsp3) is 0.571. The molecule has 0 aromatic heterocycles. The number of nitriles is 1. The highest BCUT2D eigenvalue weighted by atomic mass is 79.9. The van der Waals surface area contributed by atoms with Crippen molar-refractivity contribution in [2.45, 2.75) is 52.5 Å². The van der Waals surface area contributed by atoms with Gasteiger partial charge in [-0.25, -0.2) is 0 Å². The van der Waals surface area contributed by atoms with Crippen molar-refractivity contribution in [3.8, 4) is 6.07 Å². The second-order valence-electron chi connectivity index (χ2n) is 8.65. The first-order chi connectivity index (χ1) is 12.7. The zero-order chi connectivity index (χ0) is 19.8. The summed E-state index contributed by atoms with van der Waals surface area (Å²) in [7, 11) is 0. The second kappa shape index (κ2) is 7.73. The van der Waals surface area contributed by atoms with Crippen molar-refractivity contribution < 1.29 is 9.59 Å². The normalized spacial score (nSPS) is 24.2. The summed E-state index contributed by atoms with van der Waals surface area (Å²) in [5, 5.41) is 9.09. The van der Waals surface area contributed by atoms with Crippen LogP contribution in [0.3, 0.4) is 0 Å². The quantitative estimate of drug-likeness (QED) is 0.649. The molecule has 1 saturated carbocycles. The van der Waals surface area contributed by atoms with Crippen LogP contribution >= 0.6 is 15.9 Å². The molecule has 5 nitrogen and oxygen atoms in total. The molecule has 6 heteroatoms. The van der Waals surface area contributed by atoms with Gasteiger partial charge in [-0.15, -0.1) is 0 Å². The molecule has 0 N–H and O–H groups in total. The monoisotopic (exact) mass is 431 g/mol. The van der Waals surface area contributed by atoms with Gasteiger partial charge in [0.1, 0.15) is 0 Å². The van der Waals surface area contributed by atoms with E-state index in [1.165, 1.54) is 6.42 Å². The summed E-state index contributed by atoms with van der Waals surface area (Å²) in [6.45, 7) is 7.81. The van der Waals surface area contributed by atoms with Crippen LogP contribution in [0.2, 0.25) is 0 Å². The first-order valence-electron chi connectivity index (χ1n) is 9.48. The number of carbonyl (C=O) groups is 2. The zero-order valence-electron chi connectivity index (χ0n) is 16.2. The van der Waals surface area contributed by atoms with Crippen molar-refractivity contribution in [3.63, 3.8) is 0 Å². The van der Waals surface area contributed by atoms with E-state index in [9.17, 15) is 9.59 Å². The topological polar surface area (TPSA) is 64.4 Å². The van der Waals surface area contributed by atoms with E-state index in [0.29, 0.717) is 42.8 Å². The number of fused-ring (bicyclic) bond motifs is 1. The van der Waals surface area contributed by atoms with Gasteiger partial charge in [0, 0.05) is 23.5 Å². The van der Waals surface area contributed by atoms with Crippen LogP contribution in [0.1, 0.15) is 56.8 Å². The van der Waals surface area contributed by atoms with E-state index in [-0.39, 0.29) is 5.41 Å². The van der Waals surface area contributed by atoms with Crippen molar-refractivity contribution >= 4 is 33.3 Å². The Morgan fingerprint density at radius 3 is 2.74 bits per heavy atom. The van der Waals surface area contributed by atoms with Gasteiger partial charge in [0.15, 0.2) is 0 Å². The van der Waals surface area contributed by atoms with E-state index in [2.05, 4.69) is 47.7 Å². The third-order valence-electron chi connectivity index (χ3n) is 5.65. The predicted octanol–water partition coefficient (Wildman–Crippen LogP) is 4.37. The van der Waals surface area contributed by atoms with E-state index in [1.807, 2.05) is 12.1 Å². The highest BCUT2D eigenvalue weighted by Crippen LogP contribution is 2.41. The number of nitrogens with zero attached hydrogens (tertiary/aromatic N) is 3. The average molecular weight is 432 g/mol. The molecule has 1 heterocycles. The fourth-order valence-corrected chi connectivity index (χ4v) is 5.09. The van der Waals surface area contributed by atoms with Gasteiger partial charge in [0.25, 0.3) is 5.78 Å². The van der Waals surface area contributed by atoms with Crippen molar-refractivity contribution in [3.05, 3.63) is 28.2 Å². The minimum atomic E-state index is -0.479. The summed E-state index contributed by atoms with van der Waals surface area (Å²) in [5.74, 6) is -0.334. The summed E-state index contributed by atoms with van der Waals surface area (Å²) in [4.78, 5) is 28.8. The highest BCUT2D eigenvalue weighted by molar-refractivity contribution is 9.10. The zero-order valence-corrected chi connectivity index (χ0v) is 17.8. The Labute approximate surface area is 169 Å². The largest absolute Gasteiger partial charge is 0.300 e. The van der Waals surface area contributed by atoms with Gasteiger partial charge in [-0.3, -0.25) is 19.4 Å². The molecule has 1 aromatic carbocycles. The maximum Gasteiger partial charge on any atom is 0.300 e. The van der Waals surface area contributed by atoms with Gasteiger partial charge in [0.05, 0.1) is 24.0 Å². The molecule has 2 atom stereocenters. The van der Waals surface area contributed by atoms with Gasteiger partial charge in [0.2, 0.25) is 0 Å². The van der Waals surface area contributed by atoms with Crippen LogP contribution in [0.4, 0.5) is 5.69 Å². The number of halogens is 1. The Kier molecular flexibility index (Phi) is 5.73. The molecule has 2 unspecified atom stereocenters. The average Bonchev–Trinajstić information content (AvgIpc) is 2.81. The molecule has 1 aliphatic carbocycles. The molecule has 0 bridgehead atoms. The number of benzene rings is 1. The summed E-state index contributed by atoms with van der Waals surface area (Å²) in [5.41, 5.74) is 1.35. The molecule has 1 aromatic rings. The summed E-state index contributed by atoms with van der Waals surface area (Å²) >= 11 is 3.37. The minimum Gasteiger partial charge on any atom is -0.291 e. The summed E-state index contributed by atoms with van der Waals surface area (Å²) < 4.78 is 0.786. The first kappa shape index (κ1) is 20.0. The Bertz CT molecular complexity index is 799. The predicted molar refractivity (Wildman–Crippen MR) is 108 cm³/mol. The van der Waals surface area contributed by atoms with Gasteiger partial charge in [-0.2, -0.15) is 5.26 Å². The third-order valence-corrected chi connectivity index (χ3v) is 6.14. The van der Waals surface area contributed by atoms with Gasteiger partial charge in [-0.05, 0) is 48.8 Å². The first-order valence-corrected chi connectivity index (χ1v) is 10.3. The van der Waals surface area contributed by atoms with E-state index >= 15 is 0 Å². The number of rotatable bonds is 5. The van der Waals surface area contributed by atoms with Crippen LogP contribution in [-0.2, 0) is 4.79 Å². The third kappa shape index (κ3) is 4.25. The Morgan fingerprint density at radius 1 is 1.33 bits per heavy atom. The smallest absolute Gasteiger partial charge is 0.291 e. The molecule has 3 rings (SSSR count). The van der Waals surface area contributed by atoms with Crippen molar-refractivity contribution in [2.75, 3.05) is 18.1 Å². The van der Waals surface area contributed by atoms with E-state index in [0.717, 1.165) is 17.3 Å². The maximum atomic E-state index is 12.6. The second-order valence-corrected chi connectivity index (χ2v) is 9.57. The maximum absolute atomic E-state index is 12.6. The Balaban J connectivity index is 1.86.